The molecule has 5 nitrogen and oxygen atoms in total. The Morgan fingerprint density at radius 2 is 1.79 bits per heavy atom. The Balaban J connectivity index is 1.58. The van der Waals surface area contributed by atoms with E-state index in [0.29, 0.717) is 11.3 Å². The second kappa shape index (κ2) is 7.29. The molecule has 1 N–H and O–H groups in total. The van der Waals surface area contributed by atoms with E-state index >= 15 is 0 Å². The van der Waals surface area contributed by atoms with E-state index in [-0.39, 0.29) is 11.5 Å². The van der Waals surface area contributed by atoms with E-state index < -0.39 is 0 Å². The molecule has 4 rings (SSSR count). The number of thiazole rings is 1. The summed E-state index contributed by atoms with van der Waals surface area (Å²) in [5.41, 5.74) is 2.44. The van der Waals surface area contributed by atoms with Crippen LogP contribution in [0.2, 0.25) is 0 Å². The summed E-state index contributed by atoms with van der Waals surface area (Å²) in [6, 6.07) is 0. The lowest BCUT2D eigenvalue weighted by Crippen LogP contribution is -2.48. The number of piperidine rings is 1. The number of likely N-dealkylation sites (tertiary alicyclic amines) is 1. The Kier molecular flexibility index (Phi) is 5.26. The Labute approximate surface area is 172 Å². The monoisotopic (exact) mass is 402 g/mol. The molecule has 1 saturated heterocycles. The van der Waals surface area contributed by atoms with E-state index in [4.69, 9.17) is 15.0 Å². The average molecular weight is 403 g/mol. The van der Waals surface area contributed by atoms with Crippen molar-refractivity contribution in [2.24, 2.45) is 10.8 Å². The Hall–Kier alpha value is -1.11. The van der Waals surface area contributed by atoms with Crippen molar-refractivity contribution in [2.75, 3.05) is 13.1 Å². The first-order chi connectivity index (χ1) is 13.1. The van der Waals surface area contributed by atoms with E-state index in [9.17, 15) is 5.11 Å². The van der Waals surface area contributed by atoms with Gasteiger partial charge in [0.05, 0.1) is 16.8 Å². The van der Waals surface area contributed by atoms with Crippen molar-refractivity contribution < 1.29 is 5.11 Å². The molecular weight excluding hydrogens is 368 g/mol. The lowest BCUT2D eigenvalue weighted by atomic mass is 9.73. The summed E-state index contributed by atoms with van der Waals surface area (Å²) >= 11 is 1.77. The fourth-order valence-electron chi connectivity index (χ4n) is 4.75. The molecule has 2 aliphatic rings. The van der Waals surface area contributed by atoms with E-state index in [1.165, 1.54) is 30.7 Å². The number of hydrogen-bond acceptors (Lipinski definition) is 6. The number of aliphatic hydroxyl groups excluding tert-OH is 1. The predicted octanol–water partition coefficient (Wildman–Crippen LogP) is 4.67. The third-order valence-electron chi connectivity index (χ3n) is 6.77. The zero-order valence-electron chi connectivity index (χ0n) is 18.0. The van der Waals surface area contributed by atoms with Crippen LogP contribution in [0.25, 0.3) is 10.3 Å². The minimum absolute atomic E-state index is 0.0818. The number of hydrogen-bond donors (Lipinski definition) is 1. The number of rotatable bonds is 3. The van der Waals surface area contributed by atoms with Gasteiger partial charge in [0.2, 0.25) is 0 Å². The summed E-state index contributed by atoms with van der Waals surface area (Å²) in [4.78, 5) is 18.0. The molecule has 6 heteroatoms. The summed E-state index contributed by atoms with van der Waals surface area (Å²) < 4.78 is 0. The van der Waals surface area contributed by atoms with Gasteiger partial charge in [0.1, 0.15) is 16.2 Å². The smallest absolute Gasteiger partial charge is 0.147 e. The summed E-state index contributed by atoms with van der Waals surface area (Å²) in [6.45, 7) is 13.6. The van der Waals surface area contributed by atoms with Gasteiger partial charge in [0, 0.05) is 31.0 Å². The zero-order valence-corrected chi connectivity index (χ0v) is 18.8. The van der Waals surface area contributed by atoms with Crippen molar-refractivity contribution in [1.29, 1.82) is 0 Å². The van der Waals surface area contributed by atoms with Crippen molar-refractivity contribution in [3.63, 3.8) is 0 Å². The lowest BCUT2D eigenvalue weighted by Gasteiger charge is -2.41. The van der Waals surface area contributed by atoms with Crippen LogP contribution in [0.15, 0.2) is 0 Å². The molecule has 154 valence electrons. The third-order valence-corrected chi connectivity index (χ3v) is 7.88. The molecule has 1 aliphatic heterocycles. The van der Waals surface area contributed by atoms with Gasteiger partial charge in [0.15, 0.2) is 0 Å². The van der Waals surface area contributed by atoms with Crippen LogP contribution in [0, 0.1) is 17.8 Å². The molecule has 0 bridgehead atoms. The van der Waals surface area contributed by atoms with Gasteiger partial charge in [-0.25, -0.2) is 15.0 Å². The molecular formula is C22H34N4OS. The number of fused-ring (bicyclic) bond motifs is 1. The molecule has 1 saturated carbocycles. The standard InChI is InChI=1S/C22H34N4OS/c1-14-23-16(12-26-11-8-17(27)22(4,5)13-26)18-20(24-14)28-19(25-18)15-6-9-21(2,3)10-7-15/h15,17,27H,6-13H2,1-5H3. The van der Waals surface area contributed by atoms with Crippen molar-refractivity contribution in [3.8, 4) is 0 Å². The maximum Gasteiger partial charge on any atom is 0.147 e. The number of aromatic nitrogens is 3. The van der Waals surface area contributed by atoms with Gasteiger partial charge in [-0.05, 0) is 44.4 Å². The molecule has 2 fully saturated rings. The molecule has 2 aromatic heterocycles. The highest BCUT2D eigenvalue weighted by Gasteiger charge is 2.35. The first-order valence-corrected chi connectivity index (χ1v) is 11.5. The number of aryl methyl sites for hydroxylation is 1. The van der Waals surface area contributed by atoms with Gasteiger partial charge in [0.25, 0.3) is 0 Å². The van der Waals surface area contributed by atoms with Crippen LogP contribution in [0.5, 0.6) is 0 Å². The highest BCUT2D eigenvalue weighted by molar-refractivity contribution is 7.18. The van der Waals surface area contributed by atoms with Gasteiger partial charge in [-0.3, -0.25) is 4.90 Å². The molecule has 0 spiro atoms. The molecule has 3 heterocycles. The fraction of sp³-hybridized carbons (Fsp3) is 0.773. The summed E-state index contributed by atoms with van der Waals surface area (Å²) in [6.07, 6.45) is 5.60. The quantitative estimate of drug-likeness (QED) is 0.808. The SMILES string of the molecule is Cc1nc(CN2CCC(O)C(C)(C)C2)c2nc(C3CCC(C)(C)CC3)sc2n1. The topological polar surface area (TPSA) is 62.1 Å². The van der Waals surface area contributed by atoms with Gasteiger partial charge in [-0.1, -0.05) is 39.0 Å². The third kappa shape index (κ3) is 4.10. The fourth-order valence-corrected chi connectivity index (χ4v) is 5.92. The largest absolute Gasteiger partial charge is 0.392 e. The zero-order chi connectivity index (χ0) is 20.1. The summed E-state index contributed by atoms with van der Waals surface area (Å²) in [5, 5.41) is 11.5. The molecule has 1 atom stereocenters. The van der Waals surface area contributed by atoms with Gasteiger partial charge >= 0.3 is 0 Å². The van der Waals surface area contributed by atoms with E-state index in [0.717, 1.165) is 47.9 Å². The number of nitrogens with zero attached hydrogens (tertiary/aromatic N) is 4. The maximum atomic E-state index is 10.3. The van der Waals surface area contributed by atoms with Crippen LogP contribution in [-0.2, 0) is 6.54 Å². The van der Waals surface area contributed by atoms with Crippen LogP contribution in [-0.4, -0.2) is 44.2 Å². The van der Waals surface area contributed by atoms with Crippen LogP contribution in [0.1, 0.15) is 82.2 Å². The maximum absolute atomic E-state index is 10.3. The molecule has 0 amide bonds. The highest BCUT2D eigenvalue weighted by Crippen LogP contribution is 2.44. The second-order valence-corrected chi connectivity index (χ2v) is 11.4. The normalized spacial score (nSPS) is 26.0. The predicted molar refractivity (Wildman–Crippen MR) is 115 cm³/mol. The molecule has 1 unspecified atom stereocenters. The Morgan fingerprint density at radius 1 is 1.07 bits per heavy atom. The molecule has 1 aliphatic carbocycles. The van der Waals surface area contributed by atoms with E-state index in [1.807, 2.05) is 6.92 Å². The van der Waals surface area contributed by atoms with Crippen molar-refractivity contribution in [2.45, 2.75) is 85.3 Å². The first kappa shape index (κ1) is 20.2. The molecule has 2 aromatic rings. The van der Waals surface area contributed by atoms with Crippen LogP contribution in [0.3, 0.4) is 0 Å². The average Bonchev–Trinajstić information content (AvgIpc) is 3.02. The highest BCUT2D eigenvalue weighted by atomic mass is 32.1. The molecule has 0 radical (unpaired) electrons. The van der Waals surface area contributed by atoms with E-state index in [1.54, 1.807) is 11.3 Å². The van der Waals surface area contributed by atoms with Crippen LogP contribution in [0.4, 0.5) is 0 Å². The number of aliphatic hydroxyl groups is 1. The first-order valence-electron chi connectivity index (χ1n) is 10.7. The Bertz CT molecular complexity index is 850. The van der Waals surface area contributed by atoms with Gasteiger partial charge < -0.3 is 5.11 Å². The molecule has 0 aromatic carbocycles. The minimum atomic E-state index is -0.225. The summed E-state index contributed by atoms with van der Waals surface area (Å²) in [7, 11) is 0. The van der Waals surface area contributed by atoms with Crippen molar-refractivity contribution in [3.05, 3.63) is 16.5 Å². The van der Waals surface area contributed by atoms with E-state index in [2.05, 4.69) is 32.6 Å². The van der Waals surface area contributed by atoms with Gasteiger partial charge in [-0.15, -0.1) is 0 Å². The van der Waals surface area contributed by atoms with Gasteiger partial charge in [-0.2, -0.15) is 0 Å². The molecule has 28 heavy (non-hydrogen) atoms. The summed E-state index contributed by atoms with van der Waals surface area (Å²) in [5.74, 6) is 1.41. The second-order valence-electron chi connectivity index (χ2n) is 10.4. The minimum Gasteiger partial charge on any atom is -0.392 e. The van der Waals surface area contributed by atoms with Crippen molar-refractivity contribution in [1.82, 2.24) is 19.9 Å². The van der Waals surface area contributed by atoms with Crippen LogP contribution < -0.4 is 0 Å². The lowest BCUT2D eigenvalue weighted by molar-refractivity contribution is -0.0272. The Morgan fingerprint density at radius 3 is 2.46 bits per heavy atom. The van der Waals surface area contributed by atoms with Crippen molar-refractivity contribution >= 4 is 21.7 Å². The van der Waals surface area contributed by atoms with Crippen LogP contribution >= 0.6 is 11.3 Å².